The van der Waals surface area contributed by atoms with Gasteiger partial charge in [-0.3, -0.25) is 5.10 Å². The number of hydrogen-bond donors (Lipinski definition) is 2. The normalized spacial score (nSPS) is 17.9. The van der Waals surface area contributed by atoms with Crippen LogP contribution in [0.3, 0.4) is 0 Å². The van der Waals surface area contributed by atoms with Gasteiger partial charge in [-0.15, -0.1) is 0 Å². The van der Waals surface area contributed by atoms with Gasteiger partial charge < -0.3 is 14.8 Å². The number of nitrogens with zero attached hydrogens (tertiary/aromatic N) is 1. The summed E-state index contributed by atoms with van der Waals surface area (Å²) >= 11 is 0. The zero-order chi connectivity index (χ0) is 13.8. The van der Waals surface area contributed by atoms with Gasteiger partial charge in [0.25, 0.3) is 0 Å². The minimum absolute atomic E-state index is 0.269. The van der Waals surface area contributed by atoms with Crippen LogP contribution in [-0.4, -0.2) is 23.9 Å². The van der Waals surface area contributed by atoms with Crippen molar-refractivity contribution < 1.29 is 9.47 Å². The van der Waals surface area contributed by atoms with E-state index in [2.05, 4.69) is 21.6 Å². The Kier molecular flexibility index (Phi) is 3.87. The second kappa shape index (κ2) is 5.96. The molecule has 0 radical (unpaired) electrons. The van der Waals surface area contributed by atoms with E-state index in [4.69, 9.17) is 9.47 Å². The Bertz CT molecular complexity index is 554. The maximum atomic E-state index is 5.80. The first kappa shape index (κ1) is 13.0. The number of hydrogen-bond acceptors (Lipinski definition) is 4. The molecule has 20 heavy (non-hydrogen) atoms. The van der Waals surface area contributed by atoms with E-state index in [1.807, 2.05) is 18.2 Å². The molecule has 1 atom stereocenters. The molecule has 1 aromatic heterocycles. The monoisotopic (exact) mass is 273 g/mol. The van der Waals surface area contributed by atoms with Crippen molar-refractivity contribution in [3.05, 3.63) is 41.7 Å². The summed E-state index contributed by atoms with van der Waals surface area (Å²) in [5, 5.41) is 10.5. The lowest BCUT2D eigenvalue weighted by molar-refractivity contribution is 0.314. The van der Waals surface area contributed by atoms with Gasteiger partial charge in [-0.25, -0.2) is 0 Å². The van der Waals surface area contributed by atoms with Gasteiger partial charge in [0.15, 0.2) is 0 Å². The van der Waals surface area contributed by atoms with Crippen LogP contribution in [0.2, 0.25) is 0 Å². The number of nitrogens with one attached hydrogen (secondary N) is 2. The lowest BCUT2D eigenvalue weighted by atomic mass is 10.0. The molecule has 0 saturated carbocycles. The van der Waals surface area contributed by atoms with E-state index in [1.54, 1.807) is 13.3 Å². The van der Waals surface area contributed by atoms with Crippen molar-refractivity contribution in [1.29, 1.82) is 0 Å². The van der Waals surface area contributed by atoms with E-state index < -0.39 is 0 Å². The second-order valence-corrected chi connectivity index (χ2v) is 4.91. The lowest BCUT2D eigenvalue weighted by Crippen LogP contribution is -2.20. The molecular weight excluding hydrogens is 254 g/mol. The third-order valence-electron chi connectivity index (χ3n) is 3.58. The van der Waals surface area contributed by atoms with Crippen LogP contribution in [0.1, 0.15) is 30.1 Å². The van der Waals surface area contributed by atoms with Crippen LogP contribution in [0, 0.1) is 0 Å². The van der Waals surface area contributed by atoms with Gasteiger partial charge in [0, 0.05) is 30.0 Å². The highest BCUT2D eigenvalue weighted by molar-refractivity contribution is 5.42. The van der Waals surface area contributed by atoms with Crippen molar-refractivity contribution in [2.24, 2.45) is 0 Å². The van der Waals surface area contributed by atoms with Gasteiger partial charge in [-0.1, -0.05) is 0 Å². The van der Waals surface area contributed by atoms with Crippen LogP contribution in [0.25, 0.3) is 0 Å². The summed E-state index contributed by atoms with van der Waals surface area (Å²) < 4.78 is 11.1. The Balaban J connectivity index is 1.80. The zero-order valence-electron chi connectivity index (χ0n) is 11.6. The Labute approximate surface area is 118 Å². The predicted molar refractivity (Wildman–Crippen MR) is 75.9 cm³/mol. The quantitative estimate of drug-likeness (QED) is 0.898. The molecular formula is C15H19N3O2. The maximum absolute atomic E-state index is 5.80. The standard InChI is InChI=1S/C15H19N3O2/c1-19-12-4-5-15-13(9-12)14(3-2-8-20-15)16-10-11-6-7-17-18-11/h4-7,9,14,16H,2-3,8,10H2,1H3,(H,17,18). The summed E-state index contributed by atoms with van der Waals surface area (Å²) in [7, 11) is 1.69. The minimum atomic E-state index is 0.269. The highest BCUT2D eigenvalue weighted by Crippen LogP contribution is 2.34. The molecule has 1 aromatic carbocycles. The molecule has 2 aromatic rings. The summed E-state index contributed by atoms with van der Waals surface area (Å²) in [5.41, 5.74) is 2.25. The summed E-state index contributed by atoms with van der Waals surface area (Å²) in [6.07, 6.45) is 3.86. The van der Waals surface area contributed by atoms with Crippen molar-refractivity contribution in [3.8, 4) is 11.5 Å². The average molecular weight is 273 g/mol. The molecule has 1 aliphatic heterocycles. The summed E-state index contributed by atoms with van der Waals surface area (Å²) in [6, 6.07) is 8.24. The molecule has 1 unspecified atom stereocenters. The molecule has 2 heterocycles. The largest absolute Gasteiger partial charge is 0.497 e. The second-order valence-electron chi connectivity index (χ2n) is 4.91. The van der Waals surface area contributed by atoms with Crippen LogP contribution >= 0.6 is 0 Å². The molecule has 0 saturated heterocycles. The molecule has 0 aliphatic carbocycles. The molecule has 0 bridgehead atoms. The molecule has 0 spiro atoms. The number of methoxy groups -OCH3 is 1. The molecule has 1 aliphatic rings. The van der Waals surface area contributed by atoms with E-state index in [0.717, 1.165) is 43.2 Å². The van der Waals surface area contributed by atoms with Crippen molar-refractivity contribution in [3.63, 3.8) is 0 Å². The van der Waals surface area contributed by atoms with Crippen LogP contribution in [0.5, 0.6) is 11.5 Å². The first-order valence-corrected chi connectivity index (χ1v) is 6.89. The fraction of sp³-hybridized carbons (Fsp3) is 0.400. The number of ether oxygens (including phenoxy) is 2. The lowest BCUT2D eigenvalue weighted by Gasteiger charge is -2.18. The summed E-state index contributed by atoms with van der Waals surface area (Å²) in [5.74, 6) is 1.81. The number of benzene rings is 1. The van der Waals surface area contributed by atoms with Crippen LogP contribution < -0.4 is 14.8 Å². The minimum Gasteiger partial charge on any atom is -0.497 e. The van der Waals surface area contributed by atoms with Gasteiger partial charge in [0.1, 0.15) is 11.5 Å². The van der Waals surface area contributed by atoms with Crippen molar-refractivity contribution >= 4 is 0 Å². The van der Waals surface area contributed by atoms with Gasteiger partial charge >= 0.3 is 0 Å². The number of rotatable bonds is 4. The Morgan fingerprint density at radius 3 is 3.20 bits per heavy atom. The van der Waals surface area contributed by atoms with E-state index in [1.165, 1.54) is 5.56 Å². The van der Waals surface area contributed by atoms with Gasteiger partial charge in [-0.2, -0.15) is 5.10 Å². The third-order valence-corrected chi connectivity index (χ3v) is 3.58. The molecule has 106 valence electrons. The first-order valence-electron chi connectivity index (χ1n) is 6.89. The molecule has 2 N–H and O–H groups in total. The molecule has 0 fully saturated rings. The number of aromatic nitrogens is 2. The SMILES string of the molecule is COc1ccc2c(c1)C(NCc1ccn[nH]1)CCCO2. The fourth-order valence-electron chi connectivity index (χ4n) is 2.51. The molecule has 3 rings (SSSR count). The predicted octanol–water partition coefficient (Wildman–Crippen LogP) is 2.42. The number of aromatic amines is 1. The van der Waals surface area contributed by atoms with Crippen molar-refractivity contribution in [2.75, 3.05) is 13.7 Å². The van der Waals surface area contributed by atoms with E-state index in [9.17, 15) is 0 Å². The topological polar surface area (TPSA) is 59.2 Å². The fourth-order valence-corrected chi connectivity index (χ4v) is 2.51. The Morgan fingerprint density at radius 2 is 2.40 bits per heavy atom. The average Bonchev–Trinajstić information content (AvgIpc) is 2.92. The van der Waals surface area contributed by atoms with E-state index in [0.29, 0.717) is 0 Å². The van der Waals surface area contributed by atoms with Crippen LogP contribution in [0.4, 0.5) is 0 Å². The third kappa shape index (κ3) is 2.77. The maximum Gasteiger partial charge on any atom is 0.124 e. The highest BCUT2D eigenvalue weighted by atomic mass is 16.5. The van der Waals surface area contributed by atoms with E-state index >= 15 is 0 Å². The molecule has 5 heteroatoms. The molecule has 5 nitrogen and oxygen atoms in total. The zero-order valence-corrected chi connectivity index (χ0v) is 11.6. The number of fused-ring (bicyclic) bond motifs is 1. The Morgan fingerprint density at radius 1 is 1.45 bits per heavy atom. The van der Waals surface area contributed by atoms with Gasteiger partial charge in [0.05, 0.1) is 13.7 Å². The first-order chi connectivity index (χ1) is 9.86. The van der Waals surface area contributed by atoms with Crippen molar-refractivity contribution in [2.45, 2.75) is 25.4 Å². The Hall–Kier alpha value is -2.01. The highest BCUT2D eigenvalue weighted by Gasteiger charge is 2.20. The van der Waals surface area contributed by atoms with Gasteiger partial charge in [0.2, 0.25) is 0 Å². The number of H-pyrrole nitrogens is 1. The summed E-state index contributed by atoms with van der Waals surface area (Å²) in [4.78, 5) is 0. The van der Waals surface area contributed by atoms with E-state index in [-0.39, 0.29) is 6.04 Å². The molecule has 0 amide bonds. The smallest absolute Gasteiger partial charge is 0.124 e. The van der Waals surface area contributed by atoms with Crippen LogP contribution in [-0.2, 0) is 6.54 Å². The van der Waals surface area contributed by atoms with Crippen molar-refractivity contribution in [1.82, 2.24) is 15.5 Å². The summed E-state index contributed by atoms with van der Waals surface area (Å²) in [6.45, 7) is 1.53. The van der Waals surface area contributed by atoms with Gasteiger partial charge in [-0.05, 0) is 37.1 Å². The van der Waals surface area contributed by atoms with Crippen LogP contribution in [0.15, 0.2) is 30.5 Å².